The van der Waals surface area contributed by atoms with Crippen LogP contribution in [0.4, 0.5) is 0 Å². The Balaban J connectivity index is 1.57. The molecule has 2 aliphatic heterocycles. The molecule has 2 saturated heterocycles. The molecule has 3 heterocycles. The molecular weight excluding hydrogens is 266 g/mol. The summed E-state index contributed by atoms with van der Waals surface area (Å²) in [5.41, 5.74) is 1.03. The number of carbonyl (C=O) groups excluding carboxylic acids is 1. The number of nitrogens with zero attached hydrogens (tertiary/aromatic N) is 2. The van der Waals surface area contributed by atoms with Gasteiger partial charge in [-0.15, -0.1) is 0 Å². The van der Waals surface area contributed by atoms with Gasteiger partial charge in [0.1, 0.15) is 0 Å². The van der Waals surface area contributed by atoms with Crippen LogP contribution in [-0.4, -0.2) is 47.6 Å². The third-order valence-electron chi connectivity index (χ3n) is 4.58. The monoisotopic (exact) mass is 289 g/mol. The zero-order valence-electron chi connectivity index (χ0n) is 12.5. The van der Waals surface area contributed by atoms with Gasteiger partial charge in [-0.25, -0.2) is 0 Å². The number of rotatable bonds is 4. The van der Waals surface area contributed by atoms with E-state index in [-0.39, 0.29) is 17.9 Å². The van der Waals surface area contributed by atoms with Crippen molar-refractivity contribution in [2.45, 2.75) is 38.5 Å². The topological polar surface area (TPSA) is 54.5 Å². The predicted octanol–water partition coefficient (Wildman–Crippen LogP) is 1.20. The number of hydrogen-bond donors (Lipinski definition) is 1. The minimum Gasteiger partial charge on any atom is -0.377 e. The van der Waals surface area contributed by atoms with Crippen LogP contribution in [0, 0.1) is 5.92 Å². The van der Waals surface area contributed by atoms with Gasteiger partial charge in [0.15, 0.2) is 0 Å². The van der Waals surface area contributed by atoms with Crippen LogP contribution in [0.25, 0.3) is 0 Å². The molecule has 0 unspecified atom stereocenters. The molecule has 1 aromatic heterocycles. The quantitative estimate of drug-likeness (QED) is 0.905. The van der Waals surface area contributed by atoms with Crippen LogP contribution >= 0.6 is 0 Å². The number of fused-ring (bicyclic) bond motifs is 1. The van der Waals surface area contributed by atoms with E-state index in [2.05, 4.69) is 22.1 Å². The highest BCUT2D eigenvalue weighted by Crippen LogP contribution is 2.31. The number of amides is 1. The lowest BCUT2D eigenvalue weighted by Crippen LogP contribution is -2.52. The van der Waals surface area contributed by atoms with Crippen LogP contribution in [0.15, 0.2) is 24.5 Å². The molecule has 3 rings (SSSR count). The first-order chi connectivity index (χ1) is 10.3. The predicted molar refractivity (Wildman–Crippen MR) is 79.6 cm³/mol. The Labute approximate surface area is 125 Å². The van der Waals surface area contributed by atoms with Crippen LogP contribution in [0.5, 0.6) is 0 Å². The van der Waals surface area contributed by atoms with E-state index in [1.54, 1.807) is 12.4 Å². The molecule has 2 fully saturated rings. The molecule has 5 heteroatoms. The van der Waals surface area contributed by atoms with E-state index >= 15 is 0 Å². The molecule has 0 spiro atoms. The molecule has 0 radical (unpaired) electrons. The van der Waals surface area contributed by atoms with E-state index in [0.29, 0.717) is 12.6 Å². The van der Waals surface area contributed by atoms with Gasteiger partial charge >= 0.3 is 0 Å². The Kier molecular flexibility index (Phi) is 4.51. The molecule has 114 valence electrons. The fraction of sp³-hybridized carbons (Fsp3) is 0.625. The van der Waals surface area contributed by atoms with Crippen molar-refractivity contribution >= 4 is 5.91 Å². The summed E-state index contributed by atoms with van der Waals surface area (Å²) in [5.74, 6) is 0.159. The number of pyridine rings is 1. The minimum absolute atomic E-state index is 0.0287. The number of likely N-dealkylation sites (tertiary alicyclic amines) is 1. The van der Waals surface area contributed by atoms with Crippen LogP contribution in [0.2, 0.25) is 0 Å². The van der Waals surface area contributed by atoms with Gasteiger partial charge in [0.25, 0.3) is 0 Å². The van der Waals surface area contributed by atoms with Crippen molar-refractivity contribution in [3.63, 3.8) is 0 Å². The van der Waals surface area contributed by atoms with Crippen molar-refractivity contribution in [3.8, 4) is 0 Å². The maximum Gasteiger partial charge on any atom is 0.224 e. The van der Waals surface area contributed by atoms with Gasteiger partial charge in [-0.05, 0) is 31.0 Å². The number of piperidine rings is 1. The molecule has 1 aromatic rings. The lowest BCUT2D eigenvalue weighted by molar-refractivity contribution is -0.129. The lowest BCUT2D eigenvalue weighted by Gasteiger charge is -2.39. The van der Waals surface area contributed by atoms with Gasteiger partial charge < -0.3 is 10.1 Å². The van der Waals surface area contributed by atoms with E-state index in [1.807, 2.05) is 12.1 Å². The second-order valence-corrected chi connectivity index (χ2v) is 5.86. The zero-order chi connectivity index (χ0) is 14.7. The summed E-state index contributed by atoms with van der Waals surface area (Å²) in [6.07, 6.45) is 5.70. The zero-order valence-corrected chi connectivity index (χ0v) is 12.5. The molecule has 1 N–H and O–H groups in total. The first kappa shape index (κ1) is 14.5. The van der Waals surface area contributed by atoms with Crippen molar-refractivity contribution in [1.82, 2.24) is 15.2 Å². The smallest absolute Gasteiger partial charge is 0.224 e. The summed E-state index contributed by atoms with van der Waals surface area (Å²) in [6.45, 7) is 5.36. The van der Waals surface area contributed by atoms with Gasteiger partial charge in [0.05, 0.1) is 12.0 Å². The lowest BCUT2D eigenvalue weighted by atomic mass is 9.89. The van der Waals surface area contributed by atoms with Crippen LogP contribution in [0.1, 0.15) is 25.3 Å². The first-order valence-corrected chi connectivity index (χ1v) is 7.80. The fourth-order valence-electron chi connectivity index (χ4n) is 3.44. The van der Waals surface area contributed by atoms with Crippen molar-refractivity contribution < 1.29 is 9.53 Å². The van der Waals surface area contributed by atoms with Crippen molar-refractivity contribution in [2.75, 3.05) is 19.7 Å². The Morgan fingerprint density at radius 2 is 2.48 bits per heavy atom. The highest BCUT2D eigenvalue weighted by molar-refractivity contribution is 5.79. The van der Waals surface area contributed by atoms with Gasteiger partial charge in [-0.1, -0.05) is 13.0 Å². The minimum atomic E-state index is 0.0287. The molecule has 1 amide bonds. The highest BCUT2D eigenvalue weighted by Gasteiger charge is 2.41. The summed E-state index contributed by atoms with van der Waals surface area (Å²) in [4.78, 5) is 18.9. The number of carbonyl (C=O) groups is 1. The van der Waals surface area contributed by atoms with Crippen molar-refractivity contribution in [2.24, 2.45) is 5.92 Å². The van der Waals surface area contributed by atoms with E-state index in [1.165, 1.54) is 0 Å². The number of ether oxygens (including phenoxy) is 1. The number of likely N-dealkylation sites (N-methyl/N-ethyl adjacent to an activating group) is 1. The van der Waals surface area contributed by atoms with Crippen molar-refractivity contribution in [3.05, 3.63) is 30.1 Å². The summed E-state index contributed by atoms with van der Waals surface area (Å²) in [6, 6.07) is 4.37. The number of hydrogen-bond acceptors (Lipinski definition) is 4. The molecular formula is C16H23N3O2. The highest BCUT2D eigenvalue weighted by atomic mass is 16.5. The number of nitrogens with one attached hydrogen (secondary N) is 1. The SMILES string of the molecule is CCN1C[C@H](C(=O)NCc2cccnc2)C[C@H]2OCC[C@H]21. The largest absolute Gasteiger partial charge is 0.377 e. The van der Waals surface area contributed by atoms with Gasteiger partial charge in [-0.3, -0.25) is 14.7 Å². The summed E-state index contributed by atoms with van der Waals surface area (Å²) >= 11 is 0. The molecule has 5 nitrogen and oxygen atoms in total. The van der Waals surface area contributed by atoms with E-state index < -0.39 is 0 Å². The summed E-state index contributed by atoms with van der Waals surface area (Å²) < 4.78 is 5.80. The second kappa shape index (κ2) is 6.54. The maximum atomic E-state index is 12.4. The average molecular weight is 289 g/mol. The first-order valence-electron chi connectivity index (χ1n) is 7.80. The molecule has 3 atom stereocenters. The molecule has 0 saturated carbocycles. The van der Waals surface area contributed by atoms with Crippen LogP contribution < -0.4 is 5.32 Å². The Morgan fingerprint density at radius 1 is 1.57 bits per heavy atom. The van der Waals surface area contributed by atoms with Gasteiger partial charge in [0.2, 0.25) is 5.91 Å². The third kappa shape index (κ3) is 3.24. The average Bonchev–Trinajstić information content (AvgIpc) is 3.01. The number of aromatic nitrogens is 1. The van der Waals surface area contributed by atoms with Gasteiger partial charge in [0, 0.05) is 38.1 Å². The summed E-state index contributed by atoms with van der Waals surface area (Å²) in [5, 5.41) is 3.03. The molecule has 21 heavy (non-hydrogen) atoms. The normalized spacial score (nSPS) is 29.1. The second-order valence-electron chi connectivity index (χ2n) is 5.86. The fourth-order valence-corrected chi connectivity index (χ4v) is 3.44. The van der Waals surface area contributed by atoms with E-state index in [9.17, 15) is 4.79 Å². The Bertz CT molecular complexity index is 480. The van der Waals surface area contributed by atoms with Gasteiger partial charge in [-0.2, -0.15) is 0 Å². The molecule has 0 aromatic carbocycles. The van der Waals surface area contributed by atoms with Crippen molar-refractivity contribution in [1.29, 1.82) is 0 Å². The molecule has 0 bridgehead atoms. The van der Waals surface area contributed by atoms with E-state index in [4.69, 9.17) is 4.74 Å². The standard InChI is InChI=1S/C16H23N3O2/c1-2-19-11-13(8-15-14(19)5-7-21-15)16(20)18-10-12-4-3-6-17-9-12/h3-4,6,9,13-15H,2,5,7-8,10-11H2,1H3,(H,18,20)/t13-,14-,15-/m1/s1. The Hall–Kier alpha value is -1.46. The van der Waals surface area contributed by atoms with E-state index in [0.717, 1.165) is 38.1 Å². The molecule has 2 aliphatic rings. The van der Waals surface area contributed by atoms with Crippen LogP contribution in [-0.2, 0) is 16.1 Å². The van der Waals surface area contributed by atoms with Crippen LogP contribution in [0.3, 0.4) is 0 Å². The maximum absolute atomic E-state index is 12.4. The Morgan fingerprint density at radius 3 is 3.24 bits per heavy atom. The molecule has 0 aliphatic carbocycles. The third-order valence-corrected chi connectivity index (χ3v) is 4.58. The summed E-state index contributed by atoms with van der Waals surface area (Å²) in [7, 11) is 0.